The van der Waals surface area contributed by atoms with Crippen LogP contribution in [0.3, 0.4) is 0 Å². The van der Waals surface area contributed by atoms with Gasteiger partial charge in [0.1, 0.15) is 24.0 Å². The molecule has 7 rings (SSSR count). The Bertz CT molecular complexity index is 2200. The van der Waals surface area contributed by atoms with Crippen LogP contribution in [0.25, 0.3) is 5.70 Å². The van der Waals surface area contributed by atoms with Gasteiger partial charge in [-0.25, -0.2) is 0 Å². The van der Waals surface area contributed by atoms with Crippen LogP contribution in [0.5, 0.6) is 5.75 Å². The quantitative estimate of drug-likeness (QED) is 0.135. The number of carbonyl (C=O) groups is 3. The van der Waals surface area contributed by atoms with Crippen molar-refractivity contribution in [3.8, 4) is 23.7 Å². The summed E-state index contributed by atoms with van der Waals surface area (Å²) in [7, 11) is 0. The Hall–Kier alpha value is -5.42. The van der Waals surface area contributed by atoms with Crippen molar-refractivity contribution >= 4 is 40.7 Å². The van der Waals surface area contributed by atoms with E-state index in [-0.39, 0.29) is 24.3 Å². The van der Waals surface area contributed by atoms with Crippen molar-refractivity contribution in [2.24, 2.45) is 22.6 Å². The predicted octanol–water partition coefficient (Wildman–Crippen LogP) is 7.02. The number of benzene rings is 3. The van der Waals surface area contributed by atoms with Gasteiger partial charge in [0.25, 0.3) is 5.91 Å². The van der Waals surface area contributed by atoms with Crippen LogP contribution in [-0.4, -0.2) is 65.0 Å². The second-order valence-corrected chi connectivity index (χ2v) is 16.2. The number of hydrogen-bond acceptors (Lipinski definition) is 8. The molecule has 294 valence electrons. The molecule has 11 heteroatoms. The Morgan fingerprint density at radius 1 is 0.965 bits per heavy atom. The zero-order valence-corrected chi connectivity index (χ0v) is 33.4. The maximum atomic E-state index is 13.2. The van der Waals surface area contributed by atoms with E-state index in [1.54, 1.807) is 23.1 Å². The summed E-state index contributed by atoms with van der Waals surface area (Å²) in [5.74, 6) is 7.91. The molecule has 3 N–H and O–H groups in total. The number of amides is 3. The highest BCUT2D eigenvalue weighted by molar-refractivity contribution is 6.32. The van der Waals surface area contributed by atoms with Gasteiger partial charge in [-0.1, -0.05) is 47.7 Å². The molecule has 0 radical (unpaired) electrons. The van der Waals surface area contributed by atoms with Crippen molar-refractivity contribution in [1.82, 2.24) is 15.1 Å². The molecule has 1 unspecified atom stereocenters. The number of carbonyl (C=O) groups excluding carboxylic acids is 3. The molecule has 3 fully saturated rings. The standard InChI is InChI=1S/C46H49ClN6O4/c1-29(44(49)35-13-14-36(25-48)41(47)23-35)30(2)50-26-33-9-5-31(6-10-33)3-4-32-7-11-34(12-8-32)27-52-21-19-38(20-22-52)57-39-16-15-37-28-53(46(56)40(37)24-39)42-17-18-43(54)51-45(42)55/h5-6,9-10,13-16,23-24,32,34,38,42H,7-8,11-12,17-22,26-28,49H2,1-2H3,(H,51,54,55)/b44-29-,50-30?. The zero-order valence-electron chi connectivity index (χ0n) is 32.7. The number of piperidine rings is 2. The number of nitrogens with zero attached hydrogens (tertiary/aromatic N) is 4. The summed E-state index contributed by atoms with van der Waals surface area (Å²) in [6.07, 6.45) is 7.24. The maximum Gasteiger partial charge on any atom is 0.255 e. The topological polar surface area (TPSA) is 141 Å². The Morgan fingerprint density at radius 2 is 1.72 bits per heavy atom. The molecule has 3 heterocycles. The number of nitrogens with two attached hydrogens (primary N) is 1. The van der Waals surface area contributed by atoms with Crippen LogP contribution in [-0.2, 0) is 22.7 Å². The van der Waals surface area contributed by atoms with E-state index in [4.69, 9.17) is 32.3 Å². The predicted molar refractivity (Wildman–Crippen MR) is 221 cm³/mol. The summed E-state index contributed by atoms with van der Waals surface area (Å²) >= 11 is 6.21. The van der Waals surface area contributed by atoms with Gasteiger partial charge in [-0.2, -0.15) is 5.26 Å². The highest BCUT2D eigenvalue weighted by Gasteiger charge is 2.39. The number of nitrogens with one attached hydrogen (secondary N) is 1. The van der Waals surface area contributed by atoms with Crippen LogP contribution in [0.1, 0.15) is 103 Å². The fraction of sp³-hybridized carbons (Fsp3) is 0.413. The first-order valence-corrected chi connectivity index (χ1v) is 20.4. The van der Waals surface area contributed by atoms with Crippen molar-refractivity contribution in [1.29, 1.82) is 5.26 Å². The van der Waals surface area contributed by atoms with Gasteiger partial charge in [-0.3, -0.25) is 24.7 Å². The maximum absolute atomic E-state index is 13.2. The first kappa shape index (κ1) is 39.8. The summed E-state index contributed by atoms with van der Waals surface area (Å²) in [5.41, 5.74) is 13.5. The molecular weight excluding hydrogens is 736 g/mol. The molecule has 3 aromatic carbocycles. The number of fused-ring (bicyclic) bond motifs is 1. The monoisotopic (exact) mass is 784 g/mol. The van der Waals surface area contributed by atoms with E-state index in [1.807, 2.05) is 32.0 Å². The van der Waals surface area contributed by atoms with Crippen LogP contribution in [0.4, 0.5) is 0 Å². The molecule has 0 bridgehead atoms. The van der Waals surface area contributed by atoms with E-state index in [0.717, 1.165) is 78.9 Å². The van der Waals surface area contributed by atoms with Gasteiger partial charge in [-0.15, -0.1) is 0 Å². The number of hydrogen-bond donors (Lipinski definition) is 2. The minimum absolute atomic E-state index is 0.103. The molecule has 57 heavy (non-hydrogen) atoms. The van der Waals surface area contributed by atoms with Gasteiger partial charge in [0, 0.05) is 61.1 Å². The zero-order chi connectivity index (χ0) is 40.1. The van der Waals surface area contributed by atoms with Gasteiger partial charge in [-0.05, 0) is 123 Å². The second-order valence-electron chi connectivity index (χ2n) is 15.8. The van der Waals surface area contributed by atoms with Crippen molar-refractivity contribution < 1.29 is 19.1 Å². The van der Waals surface area contributed by atoms with Crippen LogP contribution in [0.2, 0.25) is 5.02 Å². The first-order valence-electron chi connectivity index (χ1n) is 20.0. The number of aliphatic imine (C=N–C) groups is 1. The van der Waals surface area contributed by atoms with Crippen LogP contribution < -0.4 is 15.8 Å². The van der Waals surface area contributed by atoms with Crippen LogP contribution >= 0.6 is 11.6 Å². The van der Waals surface area contributed by atoms with E-state index in [0.29, 0.717) is 58.9 Å². The number of rotatable bonds is 9. The van der Waals surface area contributed by atoms with Gasteiger partial charge in [0.2, 0.25) is 11.8 Å². The molecule has 4 aliphatic rings. The minimum Gasteiger partial charge on any atom is -0.490 e. The van der Waals surface area contributed by atoms with Gasteiger partial charge in [0.15, 0.2) is 0 Å². The van der Waals surface area contributed by atoms with Gasteiger partial charge in [0.05, 0.1) is 17.1 Å². The Kier molecular flexibility index (Phi) is 12.4. The highest BCUT2D eigenvalue weighted by atomic mass is 35.5. The van der Waals surface area contributed by atoms with Crippen LogP contribution in [0, 0.1) is 35.0 Å². The van der Waals surface area contributed by atoms with E-state index >= 15 is 0 Å². The molecule has 3 amide bonds. The molecule has 0 aromatic heterocycles. The Labute approximate surface area is 340 Å². The summed E-state index contributed by atoms with van der Waals surface area (Å²) in [6.45, 7) is 7.91. The number of likely N-dealkylation sites (tertiary alicyclic amines) is 1. The molecule has 1 atom stereocenters. The van der Waals surface area contributed by atoms with Crippen molar-refractivity contribution in [2.75, 3.05) is 19.6 Å². The second kappa shape index (κ2) is 17.8. The number of ether oxygens (including phenoxy) is 1. The third kappa shape index (κ3) is 9.59. The SMILES string of the molecule is CC(=NCc1ccc(C#CC2CCC(CN3CCC(Oc4ccc5c(c4)C(=O)N(C4CCC(=O)NC4=O)C5)CC3)CC2)cc1)/C(C)=C(\N)c1ccc(C#N)c(Cl)c1. The fourth-order valence-electron chi connectivity index (χ4n) is 8.26. The Morgan fingerprint density at radius 3 is 2.42 bits per heavy atom. The number of allylic oxidation sites excluding steroid dienone is 1. The summed E-state index contributed by atoms with van der Waals surface area (Å²) in [5, 5.41) is 11.9. The van der Waals surface area contributed by atoms with Crippen molar-refractivity contribution in [3.05, 3.63) is 105 Å². The molecule has 1 aliphatic carbocycles. The first-order chi connectivity index (χ1) is 27.5. The average Bonchev–Trinajstić information content (AvgIpc) is 3.54. The lowest BCUT2D eigenvalue weighted by Crippen LogP contribution is -2.52. The molecule has 3 aromatic rings. The molecule has 0 spiro atoms. The molecule has 3 aliphatic heterocycles. The number of halogens is 1. The largest absolute Gasteiger partial charge is 0.490 e. The lowest BCUT2D eigenvalue weighted by molar-refractivity contribution is -0.136. The van der Waals surface area contributed by atoms with E-state index in [2.05, 4.69) is 52.4 Å². The summed E-state index contributed by atoms with van der Waals surface area (Å²) < 4.78 is 6.37. The normalized spacial score (nSPS) is 22.2. The van der Waals surface area contributed by atoms with Crippen LogP contribution in [0.15, 0.2) is 71.2 Å². The molecular formula is C46H49ClN6O4. The highest BCUT2D eigenvalue weighted by Crippen LogP contribution is 2.33. The smallest absolute Gasteiger partial charge is 0.255 e. The van der Waals surface area contributed by atoms with Crippen molar-refractivity contribution in [2.45, 2.75) is 90.4 Å². The molecule has 10 nitrogen and oxygen atoms in total. The number of imide groups is 1. The summed E-state index contributed by atoms with van der Waals surface area (Å²) in [6, 6.07) is 20.6. The molecule has 2 saturated heterocycles. The lowest BCUT2D eigenvalue weighted by atomic mass is 9.81. The van der Waals surface area contributed by atoms with Crippen molar-refractivity contribution in [3.63, 3.8) is 0 Å². The third-order valence-corrected chi connectivity index (χ3v) is 12.2. The third-order valence-electron chi connectivity index (χ3n) is 11.9. The van der Waals surface area contributed by atoms with Gasteiger partial charge >= 0.3 is 0 Å². The fourth-order valence-corrected chi connectivity index (χ4v) is 8.48. The average molecular weight is 785 g/mol. The summed E-state index contributed by atoms with van der Waals surface area (Å²) in [4.78, 5) is 46.1. The van der Waals surface area contributed by atoms with E-state index in [1.165, 1.54) is 12.8 Å². The number of nitriles is 1. The van der Waals surface area contributed by atoms with Gasteiger partial charge < -0.3 is 20.3 Å². The van der Waals surface area contributed by atoms with E-state index in [9.17, 15) is 14.4 Å². The molecule has 1 saturated carbocycles. The van der Waals surface area contributed by atoms with E-state index < -0.39 is 11.9 Å². The Balaban J connectivity index is 0.820. The lowest BCUT2D eigenvalue weighted by Gasteiger charge is -2.36. The minimum atomic E-state index is -0.615.